The number of nitrogens with zero attached hydrogens (tertiary/aromatic N) is 4. The summed E-state index contributed by atoms with van der Waals surface area (Å²) in [5.41, 5.74) is -0.718. The second-order valence-corrected chi connectivity index (χ2v) is 7.75. The number of halogens is 3. The molecule has 1 aliphatic rings. The molecule has 3 aromatic rings. The van der Waals surface area contributed by atoms with Crippen LogP contribution in [0.2, 0.25) is 0 Å². The van der Waals surface area contributed by atoms with Gasteiger partial charge in [0.05, 0.1) is 10.6 Å². The van der Waals surface area contributed by atoms with Crippen molar-refractivity contribution in [1.29, 1.82) is 0 Å². The molecule has 0 saturated carbocycles. The van der Waals surface area contributed by atoms with Gasteiger partial charge in [-0.2, -0.15) is 18.3 Å². The highest BCUT2D eigenvalue weighted by atomic mass is 32.1. The van der Waals surface area contributed by atoms with Crippen LogP contribution in [0.1, 0.15) is 35.9 Å². The predicted molar refractivity (Wildman–Crippen MR) is 95.6 cm³/mol. The number of hydrogen-bond donors (Lipinski definition) is 0. The number of aromatic nitrogens is 3. The van der Waals surface area contributed by atoms with Crippen LogP contribution in [-0.2, 0) is 6.18 Å². The van der Waals surface area contributed by atoms with Gasteiger partial charge in [-0.1, -0.05) is 13.0 Å². The lowest BCUT2D eigenvalue weighted by Crippen LogP contribution is -2.39. The third-order valence-electron chi connectivity index (χ3n) is 4.65. The van der Waals surface area contributed by atoms with E-state index < -0.39 is 11.9 Å². The van der Waals surface area contributed by atoms with E-state index in [1.807, 2.05) is 0 Å². The van der Waals surface area contributed by atoms with Gasteiger partial charge in [-0.25, -0.2) is 9.50 Å². The van der Waals surface area contributed by atoms with E-state index >= 15 is 0 Å². The number of fused-ring (bicyclic) bond motifs is 1. The van der Waals surface area contributed by atoms with Crippen LogP contribution in [0.4, 0.5) is 13.2 Å². The van der Waals surface area contributed by atoms with Crippen LogP contribution >= 0.6 is 11.3 Å². The van der Waals surface area contributed by atoms with Crippen molar-refractivity contribution in [2.24, 2.45) is 5.92 Å². The van der Waals surface area contributed by atoms with Crippen LogP contribution < -0.4 is 0 Å². The molecule has 1 saturated heterocycles. The Labute approximate surface area is 157 Å². The maximum atomic E-state index is 13.6. The monoisotopic (exact) mass is 394 g/mol. The lowest BCUT2D eigenvalue weighted by atomic mass is 10.0. The minimum atomic E-state index is -4.61. The lowest BCUT2D eigenvalue weighted by Gasteiger charge is -2.30. The summed E-state index contributed by atoms with van der Waals surface area (Å²) in [5.74, 6) is 0.0203. The minimum Gasteiger partial charge on any atom is -0.337 e. The molecule has 5 nitrogen and oxygen atoms in total. The highest BCUT2D eigenvalue weighted by Crippen LogP contribution is 2.33. The van der Waals surface area contributed by atoms with Crippen molar-refractivity contribution in [1.82, 2.24) is 19.5 Å². The summed E-state index contributed by atoms with van der Waals surface area (Å²) in [6.07, 6.45) is -2.69. The van der Waals surface area contributed by atoms with Crippen molar-refractivity contribution in [3.63, 3.8) is 0 Å². The first kappa shape index (κ1) is 18.0. The van der Waals surface area contributed by atoms with Crippen LogP contribution in [-0.4, -0.2) is 38.5 Å². The first-order chi connectivity index (χ1) is 12.8. The summed E-state index contributed by atoms with van der Waals surface area (Å²) in [6, 6.07) is 5.78. The van der Waals surface area contributed by atoms with Crippen molar-refractivity contribution in [3.05, 3.63) is 41.0 Å². The van der Waals surface area contributed by atoms with Gasteiger partial charge in [-0.3, -0.25) is 4.79 Å². The van der Waals surface area contributed by atoms with Crippen molar-refractivity contribution < 1.29 is 18.0 Å². The molecule has 0 bridgehead atoms. The van der Waals surface area contributed by atoms with E-state index in [0.717, 1.165) is 23.4 Å². The van der Waals surface area contributed by atoms with Crippen LogP contribution in [0.5, 0.6) is 0 Å². The van der Waals surface area contributed by atoms with Crippen LogP contribution in [0, 0.1) is 5.92 Å². The maximum Gasteiger partial charge on any atom is 0.433 e. The molecule has 27 heavy (non-hydrogen) atoms. The van der Waals surface area contributed by atoms with Crippen molar-refractivity contribution in [2.75, 3.05) is 13.1 Å². The van der Waals surface area contributed by atoms with Crippen molar-refractivity contribution in [3.8, 4) is 10.6 Å². The fourth-order valence-electron chi connectivity index (χ4n) is 3.37. The summed E-state index contributed by atoms with van der Waals surface area (Å²) in [5, 5.41) is 5.72. The van der Waals surface area contributed by atoms with Gasteiger partial charge < -0.3 is 4.90 Å². The molecular weight excluding hydrogens is 377 g/mol. The SMILES string of the molecule is C[C@H]1CCCN(C(=O)c2cc3nc(-c4cccs4)cc(C(F)(F)F)n3n2)C1. The fraction of sp³-hybridized carbons (Fsp3) is 0.389. The standard InChI is InChI=1S/C18H17F3N4OS/c1-11-4-2-6-24(10-11)17(26)13-9-16-22-12(14-5-3-7-27-14)8-15(18(19,20)21)25(16)23-13/h3,5,7-9,11H,2,4,6,10H2,1H3/t11-/m0/s1. The van der Waals surface area contributed by atoms with E-state index in [1.54, 1.807) is 22.4 Å². The van der Waals surface area contributed by atoms with Gasteiger partial charge >= 0.3 is 6.18 Å². The zero-order valence-electron chi connectivity index (χ0n) is 14.5. The molecule has 0 aromatic carbocycles. The zero-order valence-corrected chi connectivity index (χ0v) is 15.3. The Morgan fingerprint density at radius 3 is 2.81 bits per heavy atom. The summed E-state index contributed by atoms with van der Waals surface area (Å²) in [6.45, 7) is 3.24. The molecule has 0 aliphatic carbocycles. The largest absolute Gasteiger partial charge is 0.433 e. The molecule has 1 aliphatic heterocycles. The molecule has 9 heteroatoms. The van der Waals surface area contributed by atoms with Gasteiger partial charge in [0, 0.05) is 19.2 Å². The summed E-state index contributed by atoms with van der Waals surface area (Å²) >= 11 is 1.31. The van der Waals surface area contributed by atoms with E-state index in [2.05, 4.69) is 17.0 Å². The molecule has 4 rings (SSSR count). The van der Waals surface area contributed by atoms with E-state index in [-0.39, 0.29) is 22.9 Å². The second-order valence-electron chi connectivity index (χ2n) is 6.80. The second kappa shape index (κ2) is 6.63. The number of rotatable bonds is 2. The molecule has 3 aromatic heterocycles. The fourth-order valence-corrected chi connectivity index (χ4v) is 4.05. The van der Waals surface area contributed by atoms with E-state index in [4.69, 9.17) is 0 Å². The van der Waals surface area contributed by atoms with E-state index in [9.17, 15) is 18.0 Å². The summed E-state index contributed by atoms with van der Waals surface area (Å²) in [4.78, 5) is 19.3. The van der Waals surface area contributed by atoms with Gasteiger partial charge in [-0.05, 0) is 36.3 Å². The van der Waals surface area contributed by atoms with Gasteiger partial charge in [0.2, 0.25) is 0 Å². The molecule has 0 N–H and O–H groups in total. The highest BCUT2D eigenvalue weighted by Gasteiger charge is 2.36. The Morgan fingerprint density at radius 2 is 2.15 bits per heavy atom. The Kier molecular flexibility index (Phi) is 4.41. The van der Waals surface area contributed by atoms with E-state index in [1.165, 1.54) is 17.4 Å². The number of alkyl halides is 3. The molecule has 0 unspecified atom stereocenters. The van der Waals surface area contributed by atoms with Crippen LogP contribution in [0.15, 0.2) is 29.6 Å². The zero-order chi connectivity index (χ0) is 19.2. The Balaban J connectivity index is 1.80. The molecule has 1 atom stereocenters. The number of amides is 1. The normalized spacial score (nSPS) is 18.2. The number of piperidine rings is 1. The lowest BCUT2D eigenvalue weighted by molar-refractivity contribution is -0.142. The molecule has 1 amide bonds. The Bertz CT molecular complexity index is 981. The quantitative estimate of drug-likeness (QED) is 0.649. The average molecular weight is 394 g/mol. The third-order valence-corrected chi connectivity index (χ3v) is 5.55. The number of hydrogen-bond acceptors (Lipinski definition) is 4. The molecular formula is C18H17F3N4OS. The maximum absolute atomic E-state index is 13.6. The summed E-state index contributed by atoms with van der Waals surface area (Å²) < 4.78 is 41.4. The van der Waals surface area contributed by atoms with Crippen molar-refractivity contribution >= 4 is 22.9 Å². The van der Waals surface area contributed by atoms with Gasteiger partial charge in [0.25, 0.3) is 5.91 Å². The summed E-state index contributed by atoms with van der Waals surface area (Å²) in [7, 11) is 0. The van der Waals surface area contributed by atoms with Crippen LogP contribution in [0.3, 0.4) is 0 Å². The Morgan fingerprint density at radius 1 is 1.33 bits per heavy atom. The topological polar surface area (TPSA) is 50.5 Å². The van der Waals surface area contributed by atoms with Crippen molar-refractivity contribution in [2.45, 2.75) is 25.9 Å². The predicted octanol–water partition coefficient (Wildman–Crippen LogP) is 4.35. The first-order valence-electron chi connectivity index (χ1n) is 8.64. The average Bonchev–Trinajstić information content (AvgIpc) is 3.28. The molecule has 1 fully saturated rings. The number of likely N-dealkylation sites (tertiary alicyclic amines) is 1. The Hall–Kier alpha value is -2.42. The number of carbonyl (C=O) groups excluding carboxylic acids is 1. The van der Waals surface area contributed by atoms with Crippen LogP contribution in [0.25, 0.3) is 16.2 Å². The van der Waals surface area contributed by atoms with Gasteiger partial charge in [0.1, 0.15) is 0 Å². The number of thiophene rings is 1. The molecule has 4 heterocycles. The number of carbonyl (C=O) groups is 1. The molecule has 0 spiro atoms. The smallest absolute Gasteiger partial charge is 0.337 e. The first-order valence-corrected chi connectivity index (χ1v) is 9.52. The highest BCUT2D eigenvalue weighted by molar-refractivity contribution is 7.13. The molecule has 142 valence electrons. The molecule has 0 radical (unpaired) electrons. The van der Waals surface area contributed by atoms with Gasteiger partial charge in [-0.15, -0.1) is 11.3 Å². The van der Waals surface area contributed by atoms with E-state index in [0.29, 0.717) is 23.9 Å². The third kappa shape index (κ3) is 3.43. The minimum absolute atomic E-state index is 0.00886. The van der Waals surface area contributed by atoms with Gasteiger partial charge in [0.15, 0.2) is 17.0 Å².